The van der Waals surface area contributed by atoms with Crippen molar-refractivity contribution in [1.82, 2.24) is 4.98 Å². The van der Waals surface area contributed by atoms with E-state index in [1.807, 2.05) is 18.2 Å². The fraction of sp³-hybridized carbons (Fsp3) is 0.167. The van der Waals surface area contributed by atoms with Gasteiger partial charge < -0.3 is 10.5 Å². The van der Waals surface area contributed by atoms with Crippen LogP contribution in [0.1, 0.15) is 24.5 Å². The molecule has 2 N–H and O–H groups in total. The van der Waals surface area contributed by atoms with Gasteiger partial charge in [0.1, 0.15) is 5.75 Å². The van der Waals surface area contributed by atoms with Gasteiger partial charge in [0.25, 0.3) is 0 Å². The molecule has 0 saturated heterocycles. The highest BCUT2D eigenvalue weighted by atomic mass is 35.5. The van der Waals surface area contributed by atoms with Crippen LogP contribution < -0.4 is 10.5 Å². The zero-order valence-electron chi connectivity index (χ0n) is 12.2. The molecule has 0 radical (unpaired) electrons. The van der Waals surface area contributed by atoms with Gasteiger partial charge in [-0.2, -0.15) is 0 Å². The van der Waals surface area contributed by atoms with Crippen LogP contribution in [0.15, 0.2) is 42.5 Å². The fourth-order valence-electron chi connectivity index (χ4n) is 2.58. The van der Waals surface area contributed by atoms with Crippen molar-refractivity contribution in [3.8, 4) is 11.5 Å². The van der Waals surface area contributed by atoms with Gasteiger partial charge in [0, 0.05) is 22.7 Å². The molecule has 5 heteroatoms. The summed E-state index contributed by atoms with van der Waals surface area (Å²) in [6.45, 7) is 0. The second-order valence-corrected chi connectivity index (χ2v) is 6.60. The summed E-state index contributed by atoms with van der Waals surface area (Å²) < 4.78 is 5.85. The Bertz CT molecular complexity index is 884. The molecule has 1 saturated carbocycles. The van der Waals surface area contributed by atoms with Gasteiger partial charge in [-0.15, -0.1) is 0 Å². The topological polar surface area (TPSA) is 48.1 Å². The van der Waals surface area contributed by atoms with Gasteiger partial charge in [0.15, 0.2) is 5.75 Å². The van der Waals surface area contributed by atoms with Crippen LogP contribution in [0, 0.1) is 0 Å². The first-order valence-corrected chi connectivity index (χ1v) is 8.19. The van der Waals surface area contributed by atoms with Gasteiger partial charge in [-0.1, -0.05) is 29.3 Å². The van der Waals surface area contributed by atoms with Crippen LogP contribution in [0.5, 0.6) is 11.5 Å². The van der Waals surface area contributed by atoms with Crippen LogP contribution in [0.3, 0.4) is 0 Å². The van der Waals surface area contributed by atoms with E-state index in [1.165, 1.54) is 18.5 Å². The van der Waals surface area contributed by atoms with Crippen molar-refractivity contribution < 1.29 is 4.74 Å². The Balaban J connectivity index is 1.68. The fourth-order valence-corrected chi connectivity index (χ4v) is 3.17. The first-order chi connectivity index (χ1) is 11.1. The highest BCUT2D eigenvalue weighted by Crippen LogP contribution is 2.40. The van der Waals surface area contributed by atoms with Gasteiger partial charge >= 0.3 is 0 Å². The number of hydrogen-bond donors (Lipinski definition) is 1. The molecule has 0 spiro atoms. The second-order valence-electron chi connectivity index (χ2n) is 5.78. The molecule has 23 heavy (non-hydrogen) atoms. The number of aromatic nitrogens is 1. The van der Waals surface area contributed by atoms with E-state index < -0.39 is 0 Å². The lowest BCUT2D eigenvalue weighted by molar-refractivity contribution is 0.484. The Labute approximate surface area is 144 Å². The van der Waals surface area contributed by atoms with Gasteiger partial charge in [0.2, 0.25) is 0 Å². The van der Waals surface area contributed by atoms with Crippen molar-refractivity contribution in [2.75, 3.05) is 5.73 Å². The average Bonchev–Trinajstić information content (AvgIpc) is 3.35. The lowest BCUT2D eigenvalue weighted by Gasteiger charge is -2.11. The van der Waals surface area contributed by atoms with Crippen LogP contribution in [-0.4, -0.2) is 4.98 Å². The van der Waals surface area contributed by atoms with Gasteiger partial charge in [-0.3, -0.25) is 4.98 Å². The molecule has 3 nitrogen and oxygen atoms in total. The van der Waals surface area contributed by atoms with Crippen LogP contribution in [0.2, 0.25) is 10.0 Å². The molecule has 1 aliphatic carbocycles. The summed E-state index contributed by atoms with van der Waals surface area (Å²) in [7, 11) is 0. The Morgan fingerprint density at radius 1 is 1.00 bits per heavy atom. The number of nitrogen functional groups attached to an aromatic ring is 1. The molecule has 0 unspecified atom stereocenters. The predicted molar refractivity (Wildman–Crippen MR) is 94.7 cm³/mol. The number of hydrogen-bond acceptors (Lipinski definition) is 3. The summed E-state index contributed by atoms with van der Waals surface area (Å²) in [5, 5.41) is 1.80. The van der Waals surface area contributed by atoms with Gasteiger partial charge in [-0.25, -0.2) is 0 Å². The number of halogens is 2. The number of nitrogens with zero attached hydrogens (tertiary/aromatic N) is 1. The van der Waals surface area contributed by atoms with Crippen molar-refractivity contribution in [3.63, 3.8) is 0 Å². The lowest BCUT2D eigenvalue weighted by atomic mass is 10.1. The third-order valence-corrected chi connectivity index (χ3v) is 4.48. The molecule has 1 aliphatic rings. The van der Waals surface area contributed by atoms with Gasteiger partial charge in [-0.05, 0) is 49.2 Å². The number of rotatable bonds is 3. The summed E-state index contributed by atoms with van der Waals surface area (Å²) >= 11 is 12.3. The van der Waals surface area contributed by atoms with Gasteiger partial charge in [0.05, 0.1) is 15.6 Å². The maximum absolute atomic E-state index is 6.16. The van der Waals surface area contributed by atoms with Crippen LogP contribution in [0.25, 0.3) is 10.9 Å². The minimum atomic E-state index is 0.386. The standard InChI is InChI=1S/C18H14Cl2N2O/c19-14-8-12(21)9-15(20)18(14)23-13-4-6-17-11(7-13)3-5-16(22-17)10-1-2-10/h3-10H,1-2,21H2. The Hall–Kier alpha value is -1.97. The number of ether oxygens (including phenoxy) is 1. The smallest absolute Gasteiger partial charge is 0.164 e. The Kier molecular flexibility index (Phi) is 3.55. The summed E-state index contributed by atoms with van der Waals surface area (Å²) in [6.07, 6.45) is 2.49. The zero-order valence-corrected chi connectivity index (χ0v) is 13.7. The molecule has 1 aromatic heterocycles. The maximum Gasteiger partial charge on any atom is 0.164 e. The number of pyridine rings is 1. The second kappa shape index (κ2) is 5.59. The van der Waals surface area contributed by atoms with E-state index in [4.69, 9.17) is 38.7 Å². The highest BCUT2D eigenvalue weighted by Gasteiger charge is 2.24. The quantitative estimate of drug-likeness (QED) is 0.611. The van der Waals surface area contributed by atoms with E-state index >= 15 is 0 Å². The minimum Gasteiger partial charge on any atom is -0.454 e. The number of nitrogens with two attached hydrogens (primary N) is 1. The number of anilines is 1. The van der Waals surface area contributed by atoms with Crippen molar-refractivity contribution >= 4 is 39.8 Å². The normalized spacial score (nSPS) is 14.2. The molecule has 0 amide bonds. The Morgan fingerprint density at radius 3 is 2.43 bits per heavy atom. The number of benzene rings is 2. The van der Waals surface area contributed by atoms with Crippen molar-refractivity contribution in [1.29, 1.82) is 0 Å². The van der Waals surface area contributed by atoms with E-state index in [9.17, 15) is 0 Å². The molecule has 3 aromatic rings. The van der Waals surface area contributed by atoms with E-state index in [2.05, 4.69) is 12.1 Å². The van der Waals surface area contributed by atoms with E-state index in [1.54, 1.807) is 12.1 Å². The van der Waals surface area contributed by atoms with Crippen LogP contribution in [-0.2, 0) is 0 Å². The maximum atomic E-state index is 6.16. The zero-order chi connectivity index (χ0) is 16.0. The molecular weight excluding hydrogens is 331 g/mol. The SMILES string of the molecule is Nc1cc(Cl)c(Oc2ccc3nc(C4CC4)ccc3c2)c(Cl)c1. The monoisotopic (exact) mass is 344 g/mol. The largest absolute Gasteiger partial charge is 0.454 e. The third kappa shape index (κ3) is 2.94. The summed E-state index contributed by atoms with van der Waals surface area (Å²) in [5.74, 6) is 1.71. The van der Waals surface area contributed by atoms with Crippen molar-refractivity contribution in [2.24, 2.45) is 0 Å². The van der Waals surface area contributed by atoms with E-state index in [0.717, 1.165) is 10.9 Å². The first kappa shape index (κ1) is 14.6. The van der Waals surface area contributed by atoms with E-state index in [-0.39, 0.29) is 0 Å². The van der Waals surface area contributed by atoms with Crippen molar-refractivity contribution in [2.45, 2.75) is 18.8 Å². The summed E-state index contributed by atoms with van der Waals surface area (Å²) in [5.41, 5.74) is 8.35. The lowest BCUT2D eigenvalue weighted by Crippen LogP contribution is -1.91. The van der Waals surface area contributed by atoms with Crippen molar-refractivity contribution in [3.05, 3.63) is 58.2 Å². The molecule has 0 bridgehead atoms. The van der Waals surface area contributed by atoms with Crippen LogP contribution in [0.4, 0.5) is 5.69 Å². The third-order valence-electron chi connectivity index (χ3n) is 3.92. The molecule has 4 rings (SSSR count). The molecule has 2 aromatic carbocycles. The summed E-state index contributed by atoms with van der Waals surface area (Å²) in [4.78, 5) is 4.71. The number of fused-ring (bicyclic) bond motifs is 1. The molecule has 1 fully saturated rings. The molecular formula is C18H14Cl2N2O. The average molecular weight is 345 g/mol. The minimum absolute atomic E-state index is 0.386. The molecule has 116 valence electrons. The first-order valence-electron chi connectivity index (χ1n) is 7.43. The van der Waals surface area contributed by atoms with E-state index in [0.29, 0.717) is 33.1 Å². The van der Waals surface area contributed by atoms with Crippen LogP contribution >= 0.6 is 23.2 Å². The molecule has 0 aliphatic heterocycles. The molecule has 0 atom stereocenters. The Morgan fingerprint density at radius 2 is 1.74 bits per heavy atom. The highest BCUT2D eigenvalue weighted by molar-refractivity contribution is 6.37. The predicted octanol–water partition coefficient (Wildman–Crippen LogP) is 5.79. The molecule has 1 heterocycles. The summed E-state index contributed by atoms with van der Waals surface area (Å²) in [6, 6.07) is 13.2.